The lowest BCUT2D eigenvalue weighted by molar-refractivity contribution is 0.135. The van der Waals surface area contributed by atoms with Gasteiger partial charge in [-0.2, -0.15) is 0 Å². The van der Waals surface area contributed by atoms with E-state index in [0.29, 0.717) is 6.54 Å². The minimum atomic E-state index is -0.268. The van der Waals surface area contributed by atoms with Crippen LogP contribution in [0, 0.1) is 0 Å². The summed E-state index contributed by atoms with van der Waals surface area (Å²) in [4.78, 5) is 12.7. The Hall–Kier alpha value is -1.71. The average Bonchev–Trinajstić information content (AvgIpc) is 2.59. The second-order valence-corrected chi connectivity index (χ2v) is 3.53. The summed E-state index contributed by atoms with van der Waals surface area (Å²) in [5.41, 5.74) is 0.994. The third kappa shape index (κ3) is 1.88. The predicted octanol–water partition coefficient (Wildman–Crippen LogP) is 1.82. The number of cyclic esters (lactones) is 1. The third-order valence-electron chi connectivity index (χ3n) is 2.48. The molecule has 0 aliphatic carbocycles. The highest BCUT2D eigenvalue weighted by Crippen LogP contribution is 2.26. The SMILES string of the molecule is COc1ccc(C2CN(C)C(=O)O2)cc1. The molecule has 1 amide bonds. The number of nitrogens with zero attached hydrogens (tertiary/aromatic N) is 1. The Balaban J connectivity index is 2.13. The first kappa shape index (κ1) is 9.83. The lowest BCUT2D eigenvalue weighted by Crippen LogP contribution is -2.17. The molecule has 1 atom stereocenters. The van der Waals surface area contributed by atoms with E-state index in [1.54, 1.807) is 19.1 Å². The van der Waals surface area contributed by atoms with E-state index in [1.807, 2.05) is 24.3 Å². The first-order valence-electron chi connectivity index (χ1n) is 4.76. The summed E-state index contributed by atoms with van der Waals surface area (Å²) >= 11 is 0. The summed E-state index contributed by atoms with van der Waals surface area (Å²) in [7, 11) is 3.35. The molecule has 0 bridgehead atoms. The molecular formula is C11H13NO3. The zero-order chi connectivity index (χ0) is 10.8. The van der Waals surface area contributed by atoms with Gasteiger partial charge in [0.2, 0.25) is 0 Å². The van der Waals surface area contributed by atoms with Crippen LogP contribution in [0.1, 0.15) is 11.7 Å². The van der Waals surface area contributed by atoms with Crippen LogP contribution in [0.5, 0.6) is 5.75 Å². The Morgan fingerprint density at radius 2 is 2.07 bits per heavy atom. The molecule has 80 valence electrons. The van der Waals surface area contributed by atoms with Crippen molar-refractivity contribution in [1.29, 1.82) is 0 Å². The molecule has 2 rings (SSSR count). The number of hydrogen-bond acceptors (Lipinski definition) is 3. The monoisotopic (exact) mass is 207 g/mol. The summed E-state index contributed by atoms with van der Waals surface area (Å²) in [6, 6.07) is 7.55. The van der Waals surface area contributed by atoms with Crippen LogP contribution >= 0.6 is 0 Å². The Bertz CT molecular complexity index is 361. The van der Waals surface area contributed by atoms with Crippen molar-refractivity contribution in [3.63, 3.8) is 0 Å². The van der Waals surface area contributed by atoms with Gasteiger partial charge in [-0.1, -0.05) is 12.1 Å². The summed E-state index contributed by atoms with van der Waals surface area (Å²) in [5.74, 6) is 0.802. The third-order valence-corrected chi connectivity index (χ3v) is 2.48. The zero-order valence-corrected chi connectivity index (χ0v) is 8.77. The molecule has 0 aromatic heterocycles. The minimum Gasteiger partial charge on any atom is -0.497 e. The van der Waals surface area contributed by atoms with Gasteiger partial charge >= 0.3 is 6.09 Å². The first-order chi connectivity index (χ1) is 7.20. The highest BCUT2D eigenvalue weighted by Gasteiger charge is 2.29. The molecule has 1 unspecified atom stereocenters. The van der Waals surface area contributed by atoms with Crippen molar-refractivity contribution >= 4 is 6.09 Å². The lowest BCUT2D eigenvalue weighted by atomic mass is 10.1. The minimum absolute atomic E-state index is 0.159. The molecule has 4 nitrogen and oxygen atoms in total. The zero-order valence-electron chi connectivity index (χ0n) is 8.77. The highest BCUT2D eigenvalue weighted by molar-refractivity contribution is 5.69. The van der Waals surface area contributed by atoms with Crippen LogP contribution in [-0.2, 0) is 4.74 Å². The molecular weight excluding hydrogens is 194 g/mol. The molecule has 0 saturated carbocycles. The number of benzene rings is 1. The molecule has 0 radical (unpaired) electrons. The van der Waals surface area contributed by atoms with Crippen molar-refractivity contribution in [3.05, 3.63) is 29.8 Å². The van der Waals surface area contributed by atoms with E-state index < -0.39 is 0 Å². The number of amides is 1. The lowest BCUT2D eigenvalue weighted by Gasteiger charge is -2.08. The average molecular weight is 207 g/mol. The molecule has 0 spiro atoms. The van der Waals surface area contributed by atoms with Crippen LogP contribution in [-0.4, -0.2) is 31.7 Å². The van der Waals surface area contributed by atoms with E-state index in [4.69, 9.17) is 9.47 Å². The molecule has 1 saturated heterocycles. The fourth-order valence-electron chi connectivity index (χ4n) is 1.56. The van der Waals surface area contributed by atoms with Crippen molar-refractivity contribution < 1.29 is 14.3 Å². The maximum Gasteiger partial charge on any atom is 0.410 e. The van der Waals surface area contributed by atoms with Crippen molar-refractivity contribution in [2.24, 2.45) is 0 Å². The summed E-state index contributed by atoms with van der Waals surface area (Å²) in [6.45, 7) is 0.602. The number of carbonyl (C=O) groups excluding carboxylic acids is 1. The van der Waals surface area contributed by atoms with Crippen LogP contribution in [0.25, 0.3) is 0 Å². The highest BCUT2D eigenvalue weighted by atomic mass is 16.6. The second-order valence-electron chi connectivity index (χ2n) is 3.53. The molecule has 1 aliphatic heterocycles. The second kappa shape index (κ2) is 3.81. The van der Waals surface area contributed by atoms with E-state index >= 15 is 0 Å². The standard InChI is InChI=1S/C11H13NO3/c1-12-7-10(15-11(12)13)8-3-5-9(14-2)6-4-8/h3-6,10H,7H2,1-2H3. The van der Waals surface area contributed by atoms with Crippen molar-refractivity contribution in [2.45, 2.75) is 6.10 Å². The van der Waals surface area contributed by atoms with Gasteiger partial charge in [0.1, 0.15) is 11.9 Å². The summed E-state index contributed by atoms with van der Waals surface area (Å²) in [5, 5.41) is 0. The maximum absolute atomic E-state index is 11.2. The molecule has 15 heavy (non-hydrogen) atoms. The molecule has 1 heterocycles. The smallest absolute Gasteiger partial charge is 0.410 e. The predicted molar refractivity (Wildman–Crippen MR) is 54.8 cm³/mol. The van der Waals surface area contributed by atoms with Crippen molar-refractivity contribution in [1.82, 2.24) is 4.90 Å². The van der Waals surface area contributed by atoms with Gasteiger partial charge in [-0.15, -0.1) is 0 Å². The van der Waals surface area contributed by atoms with Crippen LogP contribution in [0.3, 0.4) is 0 Å². The molecule has 1 aromatic carbocycles. The molecule has 0 N–H and O–H groups in total. The maximum atomic E-state index is 11.2. The largest absolute Gasteiger partial charge is 0.497 e. The Kier molecular flexibility index (Phi) is 2.49. The van der Waals surface area contributed by atoms with Gasteiger partial charge in [-0.3, -0.25) is 0 Å². The first-order valence-corrected chi connectivity index (χ1v) is 4.76. The molecule has 1 aromatic rings. The fraction of sp³-hybridized carbons (Fsp3) is 0.364. The van der Waals surface area contributed by atoms with Crippen molar-refractivity contribution in [3.8, 4) is 5.75 Å². The topological polar surface area (TPSA) is 38.8 Å². The van der Waals surface area contributed by atoms with Gasteiger partial charge in [-0.05, 0) is 17.7 Å². The Morgan fingerprint density at radius 1 is 1.40 bits per heavy atom. The summed E-state index contributed by atoms with van der Waals surface area (Å²) < 4.78 is 10.2. The van der Waals surface area contributed by atoms with Gasteiger partial charge in [0.15, 0.2) is 0 Å². The van der Waals surface area contributed by atoms with Gasteiger partial charge in [0.25, 0.3) is 0 Å². The number of methoxy groups -OCH3 is 1. The van der Waals surface area contributed by atoms with Gasteiger partial charge in [0, 0.05) is 7.05 Å². The Morgan fingerprint density at radius 3 is 2.53 bits per heavy atom. The Labute approximate surface area is 88.4 Å². The normalized spacial score (nSPS) is 20.3. The van der Waals surface area contributed by atoms with E-state index in [2.05, 4.69) is 0 Å². The van der Waals surface area contributed by atoms with Crippen molar-refractivity contribution in [2.75, 3.05) is 20.7 Å². The van der Waals surface area contributed by atoms with Crippen LogP contribution < -0.4 is 4.74 Å². The number of ether oxygens (including phenoxy) is 2. The summed E-state index contributed by atoms with van der Waals surface area (Å²) in [6.07, 6.45) is -0.427. The van der Waals surface area contributed by atoms with E-state index in [-0.39, 0.29) is 12.2 Å². The van der Waals surface area contributed by atoms with Crippen LogP contribution in [0.2, 0.25) is 0 Å². The number of hydrogen-bond donors (Lipinski definition) is 0. The van der Waals surface area contributed by atoms with Crippen LogP contribution in [0.4, 0.5) is 4.79 Å². The van der Waals surface area contributed by atoms with Crippen LogP contribution in [0.15, 0.2) is 24.3 Å². The van der Waals surface area contributed by atoms with E-state index in [1.165, 1.54) is 0 Å². The van der Waals surface area contributed by atoms with E-state index in [0.717, 1.165) is 11.3 Å². The molecule has 4 heteroatoms. The van der Waals surface area contributed by atoms with Gasteiger partial charge < -0.3 is 14.4 Å². The number of carbonyl (C=O) groups is 1. The molecule has 1 aliphatic rings. The van der Waals surface area contributed by atoms with Gasteiger partial charge in [-0.25, -0.2) is 4.79 Å². The fourth-order valence-corrected chi connectivity index (χ4v) is 1.56. The van der Waals surface area contributed by atoms with Gasteiger partial charge in [0.05, 0.1) is 13.7 Å². The quantitative estimate of drug-likeness (QED) is 0.742. The van der Waals surface area contributed by atoms with E-state index in [9.17, 15) is 4.79 Å². The number of likely N-dealkylation sites (N-methyl/N-ethyl adjacent to an activating group) is 1. The molecule has 1 fully saturated rings. The number of rotatable bonds is 2.